The number of imide groups is 1. The van der Waals surface area contributed by atoms with Gasteiger partial charge in [0.25, 0.3) is 0 Å². The monoisotopic (exact) mass is 361 g/mol. The van der Waals surface area contributed by atoms with Gasteiger partial charge < -0.3 is 0 Å². The summed E-state index contributed by atoms with van der Waals surface area (Å²) in [5, 5.41) is 0. The quantitative estimate of drug-likeness (QED) is 0.321. The van der Waals surface area contributed by atoms with Gasteiger partial charge in [-0.1, -0.05) is 77.4 Å². The van der Waals surface area contributed by atoms with Crippen LogP contribution in [-0.4, -0.2) is 23.8 Å². The number of carbonyl (C=O) groups is 2. The van der Waals surface area contributed by atoms with Gasteiger partial charge in [-0.05, 0) is 31.6 Å². The Morgan fingerprint density at radius 2 is 1.65 bits per heavy atom. The van der Waals surface area contributed by atoms with Crippen molar-refractivity contribution in [3.63, 3.8) is 0 Å². The average Bonchev–Trinajstić information content (AvgIpc) is 3.22. The van der Waals surface area contributed by atoms with E-state index < -0.39 is 0 Å². The molecule has 3 atom stereocenters. The number of hydrogen-bond donors (Lipinski definition) is 0. The molecule has 2 rings (SSSR count). The molecule has 1 fully saturated rings. The molecule has 0 saturated heterocycles. The summed E-state index contributed by atoms with van der Waals surface area (Å²) in [6.07, 6.45) is 19.0. The first-order valence-corrected chi connectivity index (χ1v) is 11.0. The third-order valence-corrected chi connectivity index (χ3v) is 6.57. The van der Waals surface area contributed by atoms with Crippen molar-refractivity contribution in [1.29, 1.82) is 0 Å². The molecule has 2 aliphatic rings. The van der Waals surface area contributed by atoms with Crippen LogP contribution in [0.2, 0.25) is 0 Å². The van der Waals surface area contributed by atoms with Crippen LogP contribution >= 0.6 is 0 Å². The number of rotatable bonds is 12. The molecule has 0 spiro atoms. The van der Waals surface area contributed by atoms with Crippen LogP contribution in [0, 0.1) is 17.3 Å². The van der Waals surface area contributed by atoms with Crippen molar-refractivity contribution < 1.29 is 9.59 Å². The zero-order valence-corrected chi connectivity index (χ0v) is 17.3. The number of nitrogens with zero attached hydrogens (tertiary/aromatic N) is 1. The summed E-state index contributed by atoms with van der Waals surface area (Å²) in [4.78, 5) is 27.0. The highest BCUT2D eigenvalue weighted by atomic mass is 16.2. The van der Waals surface area contributed by atoms with E-state index in [1.165, 1.54) is 49.8 Å². The van der Waals surface area contributed by atoms with E-state index in [9.17, 15) is 9.59 Å². The highest BCUT2D eigenvalue weighted by molar-refractivity contribution is 5.96. The van der Waals surface area contributed by atoms with E-state index in [1.54, 1.807) is 7.05 Å². The molecule has 0 N–H and O–H groups in total. The first kappa shape index (κ1) is 21.2. The Labute approximate surface area is 160 Å². The topological polar surface area (TPSA) is 37.4 Å². The number of hydrogen-bond acceptors (Lipinski definition) is 2. The molecule has 3 heteroatoms. The fraction of sp³-hybridized carbons (Fsp3) is 0.826. The SMILES string of the molecule is CCCCCCCC12C=CC(CC1C(=O)N(C)C(=O)CCCCCC)C2. The molecule has 0 aromatic carbocycles. The molecule has 0 aromatic rings. The predicted molar refractivity (Wildman–Crippen MR) is 108 cm³/mol. The van der Waals surface area contributed by atoms with Gasteiger partial charge in [-0.2, -0.15) is 0 Å². The van der Waals surface area contributed by atoms with Gasteiger partial charge in [0.05, 0.1) is 0 Å². The molecule has 148 valence electrons. The highest BCUT2D eigenvalue weighted by Crippen LogP contribution is 2.56. The van der Waals surface area contributed by atoms with Crippen LogP contribution in [0.25, 0.3) is 0 Å². The van der Waals surface area contributed by atoms with Gasteiger partial charge in [0.1, 0.15) is 0 Å². The lowest BCUT2D eigenvalue weighted by molar-refractivity contribution is -0.147. The minimum atomic E-state index is 0.0101. The Morgan fingerprint density at radius 1 is 1.00 bits per heavy atom. The van der Waals surface area contributed by atoms with Crippen molar-refractivity contribution in [2.24, 2.45) is 17.3 Å². The lowest BCUT2D eigenvalue weighted by Gasteiger charge is -2.33. The van der Waals surface area contributed by atoms with Crippen LogP contribution in [0.4, 0.5) is 0 Å². The molecule has 2 aliphatic carbocycles. The largest absolute Gasteiger partial charge is 0.286 e. The number of allylic oxidation sites excluding steroid dienone is 2. The molecule has 0 aromatic heterocycles. The van der Waals surface area contributed by atoms with Crippen LogP contribution in [0.5, 0.6) is 0 Å². The van der Waals surface area contributed by atoms with Gasteiger partial charge in [-0.25, -0.2) is 0 Å². The lowest BCUT2D eigenvalue weighted by Crippen LogP contribution is -2.42. The first-order valence-electron chi connectivity index (χ1n) is 11.0. The Morgan fingerprint density at radius 3 is 2.31 bits per heavy atom. The average molecular weight is 362 g/mol. The predicted octanol–water partition coefficient (Wildman–Crippen LogP) is 5.88. The first-order chi connectivity index (χ1) is 12.5. The minimum absolute atomic E-state index is 0.0101. The number of unbranched alkanes of at least 4 members (excludes halogenated alkanes) is 7. The maximum Gasteiger partial charge on any atom is 0.232 e. The minimum Gasteiger partial charge on any atom is -0.286 e. The summed E-state index contributed by atoms with van der Waals surface area (Å²) in [5.41, 5.74) is 0.0325. The second kappa shape index (κ2) is 10.3. The van der Waals surface area contributed by atoms with Crippen molar-refractivity contribution in [2.45, 2.75) is 97.3 Å². The lowest BCUT2D eigenvalue weighted by atomic mass is 9.73. The third-order valence-electron chi connectivity index (χ3n) is 6.57. The summed E-state index contributed by atoms with van der Waals surface area (Å²) >= 11 is 0. The molecule has 2 amide bonds. The summed E-state index contributed by atoms with van der Waals surface area (Å²) in [6.45, 7) is 4.41. The van der Waals surface area contributed by atoms with Crippen molar-refractivity contribution >= 4 is 11.8 Å². The van der Waals surface area contributed by atoms with E-state index in [-0.39, 0.29) is 23.1 Å². The summed E-state index contributed by atoms with van der Waals surface area (Å²) in [6, 6.07) is 0. The standard InChI is InChI=1S/C23H39NO2/c1-4-6-8-10-12-15-23-16-14-19(18-23)17-20(23)22(26)24(3)21(25)13-11-9-7-5-2/h14,16,19-20H,4-13,15,17-18H2,1-3H3. The smallest absolute Gasteiger partial charge is 0.232 e. The molecule has 2 bridgehead atoms. The molecule has 0 heterocycles. The van der Waals surface area contributed by atoms with Gasteiger partial charge in [0, 0.05) is 24.8 Å². The molecule has 3 unspecified atom stereocenters. The van der Waals surface area contributed by atoms with Crippen molar-refractivity contribution in [2.75, 3.05) is 7.05 Å². The number of carbonyl (C=O) groups excluding carboxylic acids is 2. The number of amides is 2. The van der Waals surface area contributed by atoms with E-state index in [0.717, 1.165) is 32.1 Å². The van der Waals surface area contributed by atoms with Crippen molar-refractivity contribution in [3.05, 3.63) is 12.2 Å². The zero-order chi connectivity index (χ0) is 19.0. The molecule has 3 nitrogen and oxygen atoms in total. The van der Waals surface area contributed by atoms with E-state index in [4.69, 9.17) is 0 Å². The third kappa shape index (κ3) is 5.20. The van der Waals surface area contributed by atoms with Crippen LogP contribution in [-0.2, 0) is 9.59 Å². The fourth-order valence-electron chi connectivity index (χ4n) is 4.90. The van der Waals surface area contributed by atoms with E-state index in [1.807, 2.05) is 0 Å². The Kier molecular flexibility index (Phi) is 8.37. The molecule has 0 aliphatic heterocycles. The van der Waals surface area contributed by atoms with Crippen LogP contribution in [0.15, 0.2) is 12.2 Å². The van der Waals surface area contributed by atoms with Crippen LogP contribution in [0.3, 0.4) is 0 Å². The van der Waals surface area contributed by atoms with Crippen molar-refractivity contribution in [3.8, 4) is 0 Å². The second-order valence-electron chi connectivity index (χ2n) is 8.61. The summed E-state index contributed by atoms with van der Waals surface area (Å²) in [5.74, 6) is 0.655. The fourth-order valence-corrected chi connectivity index (χ4v) is 4.90. The van der Waals surface area contributed by atoms with Gasteiger partial charge in [-0.15, -0.1) is 0 Å². The zero-order valence-electron chi connectivity index (χ0n) is 17.3. The molecule has 0 radical (unpaired) electrons. The van der Waals surface area contributed by atoms with Gasteiger partial charge in [0.15, 0.2) is 0 Å². The Hall–Kier alpha value is -1.12. The van der Waals surface area contributed by atoms with Crippen LogP contribution in [0.1, 0.15) is 97.3 Å². The molecule has 26 heavy (non-hydrogen) atoms. The Balaban J connectivity index is 1.88. The van der Waals surface area contributed by atoms with Crippen molar-refractivity contribution in [1.82, 2.24) is 4.90 Å². The van der Waals surface area contributed by atoms with E-state index in [2.05, 4.69) is 26.0 Å². The molecular weight excluding hydrogens is 322 g/mol. The maximum absolute atomic E-state index is 13.1. The van der Waals surface area contributed by atoms with E-state index in [0.29, 0.717) is 12.3 Å². The second-order valence-corrected chi connectivity index (χ2v) is 8.61. The van der Waals surface area contributed by atoms with Gasteiger partial charge in [0.2, 0.25) is 11.8 Å². The number of fused-ring (bicyclic) bond motifs is 2. The molecule has 1 saturated carbocycles. The maximum atomic E-state index is 13.1. The molecular formula is C23H39NO2. The van der Waals surface area contributed by atoms with Gasteiger partial charge >= 0.3 is 0 Å². The highest BCUT2D eigenvalue weighted by Gasteiger charge is 2.52. The van der Waals surface area contributed by atoms with Crippen LogP contribution < -0.4 is 0 Å². The normalized spacial score (nSPS) is 26.4. The van der Waals surface area contributed by atoms with E-state index >= 15 is 0 Å². The van der Waals surface area contributed by atoms with Gasteiger partial charge in [-0.3, -0.25) is 14.5 Å². The summed E-state index contributed by atoms with van der Waals surface area (Å²) in [7, 11) is 1.70. The Bertz CT molecular complexity index is 498. The summed E-state index contributed by atoms with van der Waals surface area (Å²) < 4.78 is 0.